The number of sulfonamides is 1. The SMILES string of the molecule is Cc1ccc(CN(C(=O)CN(c2ccc(C)c(Cl)c2)S(C)(=O)=O)[C@@H](C)C(=O)NC2CCCC2)cc1. The third kappa shape index (κ3) is 7.21. The third-order valence-corrected chi connectivity index (χ3v) is 8.01. The minimum Gasteiger partial charge on any atom is -0.352 e. The van der Waals surface area contributed by atoms with E-state index in [1.54, 1.807) is 19.1 Å². The number of nitrogens with one attached hydrogen (secondary N) is 1. The van der Waals surface area contributed by atoms with E-state index in [4.69, 9.17) is 11.6 Å². The maximum atomic E-state index is 13.6. The van der Waals surface area contributed by atoms with E-state index < -0.39 is 28.5 Å². The van der Waals surface area contributed by atoms with E-state index in [-0.39, 0.29) is 18.5 Å². The van der Waals surface area contributed by atoms with Gasteiger partial charge < -0.3 is 10.2 Å². The van der Waals surface area contributed by atoms with Crippen molar-refractivity contribution in [1.29, 1.82) is 0 Å². The van der Waals surface area contributed by atoms with Crippen molar-refractivity contribution >= 4 is 39.1 Å². The monoisotopic (exact) mass is 519 g/mol. The number of anilines is 1. The second-order valence-corrected chi connectivity index (χ2v) is 11.7. The summed E-state index contributed by atoms with van der Waals surface area (Å²) in [6.45, 7) is 5.22. The van der Waals surface area contributed by atoms with E-state index in [0.29, 0.717) is 10.7 Å². The number of hydrogen-bond acceptors (Lipinski definition) is 4. The lowest BCUT2D eigenvalue weighted by molar-refractivity contribution is -0.139. The summed E-state index contributed by atoms with van der Waals surface area (Å²) in [6.07, 6.45) is 5.07. The van der Waals surface area contributed by atoms with Crippen molar-refractivity contribution in [2.24, 2.45) is 0 Å². The number of carbonyl (C=O) groups is 2. The van der Waals surface area contributed by atoms with E-state index >= 15 is 0 Å². The van der Waals surface area contributed by atoms with Gasteiger partial charge in [-0.25, -0.2) is 8.42 Å². The normalized spacial score (nSPS) is 15.0. The summed E-state index contributed by atoms with van der Waals surface area (Å²) in [7, 11) is -3.79. The molecule has 9 heteroatoms. The zero-order valence-electron chi connectivity index (χ0n) is 20.8. The molecular formula is C26H34ClN3O4S. The summed E-state index contributed by atoms with van der Waals surface area (Å²) in [6, 6.07) is 11.9. The van der Waals surface area contributed by atoms with Crippen LogP contribution in [0.15, 0.2) is 42.5 Å². The molecule has 2 aromatic carbocycles. The van der Waals surface area contributed by atoms with Gasteiger partial charge in [0, 0.05) is 17.6 Å². The fraction of sp³-hybridized carbons (Fsp3) is 0.462. The van der Waals surface area contributed by atoms with Gasteiger partial charge in [-0.3, -0.25) is 13.9 Å². The second kappa shape index (κ2) is 11.4. The van der Waals surface area contributed by atoms with E-state index in [1.807, 2.05) is 38.1 Å². The zero-order valence-corrected chi connectivity index (χ0v) is 22.3. The molecule has 3 rings (SSSR count). The molecule has 0 aromatic heterocycles. The van der Waals surface area contributed by atoms with Crippen molar-refractivity contribution in [3.63, 3.8) is 0 Å². The molecule has 0 unspecified atom stereocenters. The average Bonchev–Trinajstić information content (AvgIpc) is 3.30. The first kappa shape index (κ1) is 27.0. The van der Waals surface area contributed by atoms with Crippen LogP contribution in [0.25, 0.3) is 0 Å². The van der Waals surface area contributed by atoms with Gasteiger partial charge in [0.1, 0.15) is 12.6 Å². The molecule has 1 fully saturated rings. The van der Waals surface area contributed by atoms with Gasteiger partial charge in [-0.05, 0) is 56.9 Å². The number of aryl methyl sites for hydroxylation is 2. The highest BCUT2D eigenvalue weighted by molar-refractivity contribution is 7.92. The first-order valence-corrected chi connectivity index (χ1v) is 14.1. The molecule has 0 spiro atoms. The minimum absolute atomic E-state index is 0.114. The van der Waals surface area contributed by atoms with Crippen molar-refractivity contribution in [3.8, 4) is 0 Å². The summed E-state index contributed by atoms with van der Waals surface area (Å²) in [5.74, 6) is -0.705. The highest BCUT2D eigenvalue weighted by atomic mass is 35.5. The second-order valence-electron chi connectivity index (χ2n) is 9.38. The summed E-state index contributed by atoms with van der Waals surface area (Å²) < 4.78 is 26.3. The van der Waals surface area contributed by atoms with E-state index in [1.165, 1.54) is 11.0 Å². The van der Waals surface area contributed by atoms with Gasteiger partial charge in [-0.1, -0.05) is 60.3 Å². The Labute approximate surface area is 213 Å². The molecule has 1 saturated carbocycles. The zero-order chi connectivity index (χ0) is 25.8. The number of nitrogens with zero attached hydrogens (tertiary/aromatic N) is 2. The van der Waals surface area contributed by atoms with Crippen molar-refractivity contribution < 1.29 is 18.0 Å². The smallest absolute Gasteiger partial charge is 0.244 e. The minimum atomic E-state index is -3.79. The predicted molar refractivity (Wildman–Crippen MR) is 140 cm³/mol. The summed E-state index contributed by atoms with van der Waals surface area (Å²) in [4.78, 5) is 28.1. The van der Waals surface area contributed by atoms with Gasteiger partial charge in [0.05, 0.1) is 11.9 Å². The van der Waals surface area contributed by atoms with Crippen LogP contribution in [0.2, 0.25) is 5.02 Å². The molecule has 35 heavy (non-hydrogen) atoms. The lowest BCUT2D eigenvalue weighted by Gasteiger charge is -2.32. The molecule has 2 aromatic rings. The van der Waals surface area contributed by atoms with E-state index in [9.17, 15) is 18.0 Å². The number of benzene rings is 2. The van der Waals surface area contributed by atoms with Crippen LogP contribution in [0.4, 0.5) is 5.69 Å². The molecule has 2 amide bonds. The van der Waals surface area contributed by atoms with Gasteiger partial charge in [-0.2, -0.15) is 0 Å². The van der Waals surface area contributed by atoms with Crippen LogP contribution in [-0.2, 0) is 26.2 Å². The Morgan fingerprint density at radius 2 is 1.71 bits per heavy atom. The van der Waals surface area contributed by atoms with Crippen molar-refractivity contribution in [2.45, 2.75) is 65.1 Å². The van der Waals surface area contributed by atoms with Crippen LogP contribution in [0.3, 0.4) is 0 Å². The highest BCUT2D eigenvalue weighted by Gasteiger charge is 2.31. The Hall–Kier alpha value is -2.58. The fourth-order valence-electron chi connectivity index (χ4n) is 4.22. The van der Waals surface area contributed by atoms with Gasteiger partial charge in [0.25, 0.3) is 0 Å². The fourth-order valence-corrected chi connectivity index (χ4v) is 5.23. The number of amides is 2. The Morgan fingerprint density at radius 1 is 1.09 bits per heavy atom. The summed E-state index contributed by atoms with van der Waals surface area (Å²) >= 11 is 6.23. The first-order chi connectivity index (χ1) is 16.5. The lowest BCUT2D eigenvalue weighted by Crippen LogP contribution is -2.52. The quantitative estimate of drug-likeness (QED) is 0.538. The van der Waals surface area contributed by atoms with Crippen LogP contribution in [0, 0.1) is 13.8 Å². The van der Waals surface area contributed by atoms with Crippen LogP contribution in [0.5, 0.6) is 0 Å². The van der Waals surface area contributed by atoms with E-state index in [2.05, 4.69) is 5.32 Å². The molecule has 7 nitrogen and oxygen atoms in total. The van der Waals surface area contributed by atoms with Crippen LogP contribution in [-0.4, -0.2) is 50.0 Å². The number of hydrogen-bond donors (Lipinski definition) is 1. The first-order valence-electron chi connectivity index (χ1n) is 11.8. The molecule has 1 atom stereocenters. The van der Waals surface area contributed by atoms with Crippen LogP contribution in [0.1, 0.15) is 49.3 Å². The number of carbonyl (C=O) groups excluding carboxylic acids is 2. The Morgan fingerprint density at radius 3 is 2.29 bits per heavy atom. The molecule has 0 bridgehead atoms. The Bertz CT molecular complexity index is 1160. The van der Waals surface area contributed by atoms with Crippen LogP contribution < -0.4 is 9.62 Å². The Balaban J connectivity index is 1.88. The predicted octanol–water partition coefficient (Wildman–Crippen LogP) is 4.20. The largest absolute Gasteiger partial charge is 0.352 e. The molecule has 0 heterocycles. The third-order valence-electron chi connectivity index (χ3n) is 6.46. The summed E-state index contributed by atoms with van der Waals surface area (Å²) in [5, 5.41) is 3.46. The standard InChI is InChI=1S/C26H34ClN3O4S/c1-18-9-12-21(13-10-18)16-29(20(3)26(32)28-22-7-5-6-8-22)25(31)17-30(35(4,33)34)23-14-11-19(2)24(27)15-23/h9-15,20,22H,5-8,16-17H2,1-4H3,(H,28,32)/t20-/m0/s1. The maximum absolute atomic E-state index is 13.6. The van der Waals surface area contributed by atoms with Crippen molar-refractivity contribution in [3.05, 3.63) is 64.2 Å². The molecular weight excluding hydrogens is 486 g/mol. The molecule has 0 radical (unpaired) electrons. The number of halogens is 1. The van der Waals surface area contributed by atoms with Gasteiger partial charge in [0.2, 0.25) is 21.8 Å². The molecule has 0 aliphatic heterocycles. The van der Waals surface area contributed by atoms with Crippen molar-refractivity contribution in [1.82, 2.24) is 10.2 Å². The molecule has 0 saturated heterocycles. The molecule has 1 aliphatic carbocycles. The van der Waals surface area contributed by atoms with Crippen LogP contribution >= 0.6 is 11.6 Å². The highest BCUT2D eigenvalue weighted by Crippen LogP contribution is 2.25. The Kier molecular flexibility index (Phi) is 8.83. The maximum Gasteiger partial charge on any atom is 0.244 e. The average molecular weight is 520 g/mol. The van der Waals surface area contributed by atoms with E-state index in [0.717, 1.165) is 52.9 Å². The topological polar surface area (TPSA) is 86.8 Å². The van der Waals surface area contributed by atoms with Crippen molar-refractivity contribution in [2.75, 3.05) is 17.1 Å². The van der Waals surface area contributed by atoms with Gasteiger partial charge in [-0.15, -0.1) is 0 Å². The van der Waals surface area contributed by atoms with Gasteiger partial charge in [0.15, 0.2) is 0 Å². The summed E-state index contributed by atoms with van der Waals surface area (Å²) in [5.41, 5.74) is 3.04. The molecule has 1 N–H and O–H groups in total. The number of rotatable bonds is 9. The molecule has 190 valence electrons. The van der Waals surface area contributed by atoms with Gasteiger partial charge >= 0.3 is 0 Å². The lowest BCUT2D eigenvalue weighted by atomic mass is 10.1. The molecule has 1 aliphatic rings.